The van der Waals surface area contributed by atoms with Crippen LogP contribution in [0.3, 0.4) is 0 Å². The molecular weight excluding hydrogens is 460 g/mol. The molecule has 0 bridgehead atoms. The minimum absolute atomic E-state index is 0.118. The summed E-state index contributed by atoms with van der Waals surface area (Å²) < 4.78 is 26.6. The molecule has 0 spiro atoms. The molecular formula is C23H24N4O6S. The Bertz CT molecular complexity index is 1200. The predicted octanol–water partition coefficient (Wildman–Crippen LogP) is 1.19. The first-order valence-electron chi connectivity index (χ1n) is 10.9. The summed E-state index contributed by atoms with van der Waals surface area (Å²) in [7, 11) is -3.57. The molecule has 2 aliphatic rings. The first kappa shape index (κ1) is 23.6. The molecule has 4 rings (SSSR count). The van der Waals surface area contributed by atoms with Gasteiger partial charge in [-0.15, -0.1) is 0 Å². The molecule has 34 heavy (non-hydrogen) atoms. The molecule has 11 heteroatoms. The van der Waals surface area contributed by atoms with Gasteiger partial charge in [0.1, 0.15) is 0 Å². The molecule has 0 saturated carbocycles. The number of nitrogens with zero attached hydrogens (tertiary/aromatic N) is 2. The van der Waals surface area contributed by atoms with Crippen LogP contribution in [0.2, 0.25) is 0 Å². The summed E-state index contributed by atoms with van der Waals surface area (Å²) in [6.45, 7) is 1.14. The third kappa shape index (κ3) is 5.00. The average molecular weight is 485 g/mol. The lowest BCUT2D eigenvalue weighted by Gasteiger charge is -2.15. The van der Waals surface area contributed by atoms with E-state index in [-0.39, 0.29) is 47.2 Å². The van der Waals surface area contributed by atoms with E-state index in [0.29, 0.717) is 18.7 Å². The largest absolute Gasteiger partial charge is 0.278 e. The topological polar surface area (TPSA) is 133 Å². The first-order chi connectivity index (χ1) is 16.3. The number of carbonyl (C=O) groups is 4. The van der Waals surface area contributed by atoms with Crippen molar-refractivity contribution in [3.63, 3.8) is 0 Å². The third-order valence-electron chi connectivity index (χ3n) is 5.82. The van der Waals surface area contributed by atoms with Gasteiger partial charge in [0.15, 0.2) is 0 Å². The number of sulfonamides is 1. The maximum atomic E-state index is 12.6. The molecule has 178 valence electrons. The summed E-state index contributed by atoms with van der Waals surface area (Å²) in [5.74, 6) is -1.57. The Balaban J connectivity index is 1.31. The van der Waals surface area contributed by atoms with Gasteiger partial charge < -0.3 is 0 Å². The Labute approximate surface area is 196 Å². The smallest absolute Gasteiger partial charge is 0.269 e. The van der Waals surface area contributed by atoms with Crippen molar-refractivity contribution in [3.05, 3.63) is 65.2 Å². The Morgan fingerprint density at radius 3 is 1.74 bits per heavy atom. The number of nitrogens with one attached hydrogen (secondary N) is 2. The van der Waals surface area contributed by atoms with Crippen LogP contribution in [0.15, 0.2) is 53.4 Å². The SMILES string of the molecule is O=C(NNC(=O)c1ccc(S(=O)(=O)N2CCCC2)cc1)c1ccc(CN2C(=O)CCC2=O)cc1. The Morgan fingerprint density at radius 2 is 1.24 bits per heavy atom. The molecule has 4 amide bonds. The van der Waals surface area contributed by atoms with Crippen molar-refractivity contribution in [3.8, 4) is 0 Å². The highest BCUT2D eigenvalue weighted by Crippen LogP contribution is 2.21. The zero-order chi connectivity index (χ0) is 24.3. The Hall–Kier alpha value is -3.57. The van der Waals surface area contributed by atoms with E-state index in [1.807, 2.05) is 0 Å². The standard InChI is InChI=1S/C23H24N4O6S/c28-20-11-12-21(29)27(20)15-16-3-5-17(6-4-16)22(30)24-25-23(31)18-7-9-19(10-8-18)34(32,33)26-13-1-2-14-26/h3-10H,1-2,11-15H2,(H,24,30)(H,25,31). The maximum Gasteiger partial charge on any atom is 0.269 e. The van der Waals surface area contributed by atoms with Crippen LogP contribution in [0.25, 0.3) is 0 Å². The fraction of sp³-hybridized carbons (Fsp3) is 0.304. The molecule has 0 unspecified atom stereocenters. The van der Waals surface area contributed by atoms with Crippen LogP contribution in [0.1, 0.15) is 52.0 Å². The number of carbonyl (C=O) groups excluding carboxylic acids is 4. The molecule has 0 aromatic heterocycles. The van der Waals surface area contributed by atoms with Crippen LogP contribution in [0, 0.1) is 0 Å². The number of amides is 4. The van der Waals surface area contributed by atoms with Gasteiger partial charge in [0, 0.05) is 37.1 Å². The van der Waals surface area contributed by atoms with E-state index >= 15 is 0 Å². The predicted molar refractivity (Wildman–Crippen MR) is 121 cm³/mol. The number of hydrazine groups is 1. The number of hydrogen-bond donors (Lipinski definition) is 2. The summed E-state index contributed by atoms with van der Waals surface area (Å²) in [4.78, 5) is 49.5. The van der Waals surface area contributed by atoms with E-state index in [4.69, 9.17) is 0 Å². The second kappa shape index (κ2) is 9.74. The second-order valence-electron chi connectivity index (χ2n) is 8.11. The van der Waals surface area contributed by atoms with Crippen LogP contribution in [0.4, 0.5) is 0 Å². The van der Waals surface area contributed by atoms with E-state index in [1.165, 1.54) is 45.6 Å². The fourth-order valence-corrected chi connectivity index (χ4v) is 5.37. The maximum absolute atomic E-state index is 12.6. The molecule has 2 N–H and O–H groups in total. The lowest BCUT2D eigenvalue weighted by atomic mass is 10.1. The highest BCUT2D eigenvalue weighted by Gasteiger charge is 2.29. The molecule has 2 aliphatic heterocycles. The van der Waals surface area contributed by atoms with E-state index in [1.54, 1.807) is 12.1 Å². The summed E-state index contributed by atoms with van der Waals surface area (Å²) in [6, 6.07) is 11.8. The molecule has 2 saturated heterocycles. The van der Waals surface area contributed by atoms with Crippen molar-refractivity contribution in [2.45, 2.75) is 37.1 Å². The zero-order valence-corrected chi connectivity index (χ0v) is 19.1. The van der Waals surface area contributed by atoms with E-state index in [9.17, 15) is 27.6 Å². The minimum Gasteiger partial charge on any atom is -0.278 e. The van der Waals surface area contributed by atoms with Gasteiger partial charge >= 0.3 is 0 Å². The number of hydrogen-bond acceptors (Lipinski definition) is 6. The molecule has 0 radical (unpaired) electrons. The van der Waals surface area contributed by atoms with Crippen LogP contribution in [-0.2, 0) is 26.2 Å². The van der Waals surface area contributed by atoms with Crippen molar-refractivity contribution in [2.75, 3.05) is 13.1 Å². The van der Waals surface area contributed by atoms with Crippen molar-refractivity contribution in [1.82, 2.24) is 20.1 Å². The third-order valence-corrected chi connectivity index (χ3v) is 7.73. The second-order valence-corrected chi connectivity index (χ2v) is 10.1. The van der Waals surface area contributed by atoms with Gasteiger partial charge in [0.2, 0.25) is 21.8 Å². The summed E-state index contributed by atoms with van der Waals surface area (Å²) in [6.07, 6.45) is 2.10. The molecule has 2 aromatic rings. The van der Waals surface area contributed by atoms with Gasteiger partial charge in [0.25, 0.3) is 11.8 Å². The quantitative estimate of drug-likeness (QED) is 0.468. The highest BCUT2D eigenvalue weighted by molar-refractivity contribution is 7.89. The van der Waals surface area contributed by atoms with Gasteiger partial charge in [-0.1, -0.05) is 12.1 Å². The van der Waals surface area contributed by atoms with Gasteiger partial charge in [-0.05, 0) is 54.8 Å². The van der Waals surface area contributed by atoms with E-state index < -0.39 is 21.8 Å². The van der Waals surface area contributed by atoms with E-state index in [2.05, 4.69) is 10.9 Å². The lowest BCUT2D eigenvalue weighted by Crippen LogP contribution is -2.41. The Morgan fingerprint density at radius 1 is 0.765 bits per heavy atom. The van der Waals surface area contributed by atoms with Gasteiger partial charge in [-0.2, -0.15) is 4.31 Å². The lowest BCUT2D eigenvalue weighted by molar-refractivity contribution is -0.139. The van der Waals surface area contributed by atoms with Crippen LogP contribution >= 0.6 is 0 Å². The average Bonchev–Trinajstić information content (AvgIpc) is 3.50. The van der Waals surface area contributed by atoms with Gasteiger partial charge in [-0.25, -0.2) is 8.42 Å². The van der Waals surface area contributed by atoms with Crippen molar-refractivity contribution < 1.29 is 27.6 Å². The monoisotopic (exact) mass is 484 g/mol. The number of likely N-dealkylation sites (tertiary alicyclic amines) is 1. The molecule has 2 fully saturated rings. The van der Waals surface area contributed by atoms with Crippen LogP contribution < -0.4 is 10.9 Å². The van der Waals surface area contributed by atoms with Crippen LogP contribution in [-0.4, -0.2) is 54.3 Å². The zero-order valence-electron chi connectivity index (χ0n) is 18.3. The Kier molecular flexibility index (Phi) is 6.75. The molecule has 0 atom stereocenters. The molecule has 2 aromatic carbocycles. The number of benzene rings is 2. The van der Waals surface area contributed by atoms with Crippen LogP contribution in [0.5, 0.6) is 0 Å². The fourth-order valence-electron chi connectivity index (χ4n) is 3.86. The molecule has 0 aliphatic carbocycles. The van der Waals surface area contributed by atoms with Gasteiger partial charge in [-0.3, -0.25) is 34.9 Å². The summed E-state index contributed by atoms with van der Waals surface area (Å²) in [5.41, 5.74) is 5.78. The summed E-state index contributed by atoms with van der Waals surface area (Å²) in [5, 5.41) is 0. The molecule has 10 nitrogen and oxygen atoms in total. The van der Waals surface area contributed by atoms with Gasteiger partial charge in [0.05, 0.1) is 11.4 Å². The first-order valence-corrected chi connectivity index (χ1v) is 12.3. The highest BCUT2D eigenvalue weighted by atomic mass is 32.2. The minimum atomic E-state index is -3.57. The van der Waals surface area contributed by atoms with E-state index in [0.717, 1.165) is 12.8 Å². The number of rotatable bonds is 6. The molecule has 2 heterocycles. The van der Waals surface area contributed by atoms with Crippen molar-refractivity contribution in [1.29, 1.82) is 0 Å². The number of imide groups is 1. The summed E-state index contributed by atoms with van der Waals surface area (Å²) >= 11 is 0. The normalized spacial score (nSPS) is 16.6. The van der Waals surface area contributed by atoms with Crippen molar-refractivity contribution >= 4 is 33.7 Å². The van der Waals surface area contributed by atoms with Crippen molar-refractivity contribution in [2.24, 2.45) is 0 Å².